The molecule has 3 heterocycles. The average molecular weight is 303 g/mol. The van der Waals surface area contributed by atoms with Gasteiger partial charge >= 0.3 is 0 Å². The summed E-state index contributed by atoms with van der Waals surface area (Å²) < 4.78 is 5.69. The maximum atomic E-state index is 5.69. The highest BCUT2D eigenvalue weighted by Gasteiger charge is 2.20. The molecule has 1 fully saturated rings. The van der Waals surface area contributed by atoms with Crippen molar-refractivity contribution in [3.05, 3.63) is 46.2 Å². The van der Waals surface area contributed by atoms with E-state index in [0.29, 0.717) is 0 Å². The van der Waals surface area contributed by atoms with Crippen molar-refractivity contribution in [3.8, 4) is 0 Å². The Labute approximate surface area is 129 Å². The molecule has 0 radical (unpaired) electrons. The Morgan fingerprint density at radius 3 is 3.00 bits per heavy atom. The summed E-state index contributed by atoms with van der Waals surface area (Å²) in [6.07, 6.45) is 7.26. The number of pyridine rings is 1. The van der Waals surface area contributed by atoms with Crippen molar-refractivity contribution in [1.82, 2.24) is 14.9 Å². The predicted octanol–water partition coefficient (Wildman–Crippen LogP) is 3.06. The second kappa shape index (κ2) is 7.11. The molecule has 2 aromatic heterocycles. The zero-order valence-corrected chi connectivity index (χ0v) is 13.2. The van der Waals surface area contributed by atoms with Crippen molar-refractivity contribution >= 4 is 11.3 Å². The van der Waals surface area contributed by atoms with Crippen molar-refractivity contribution in [2.24, 2.45) is 0 Å². The lowest BCUT2D eigenvalue weighted by atomic mass is 10.2. The van der Waals surface area contributed by atoms with E-state index in [1.807, 2.05) is 12.4 Å². The minimum atomic E-state index is 0.242. The molecule has 0 spiro atoms. The zero-order valence-electron chi connectivity index (χ0n) is 12.4. The monoisotopic (exact) mass is 303 g/mol. The van der Waals surface area contributed by atoms with Gasteiger partial charge in [-0.25, -0.2) is 4.98 Å². The molecule has 21 heavy (non-hydrogen) atoms. The van der Waals surface area contributed by atoms with E-state index < -0.39 is 0 Å². The van der Waals surface area contributed by atoms with Gasteiger partial charge in [-0.05, 0) is 44.0 Å². The first-order valence-electron chi connectivity index (χ1n) is 7.44. The number of aromatic nitrogens is 2. The van der Waals surface area contributed by atoms with E-state index >= 15 is 0 Å². The topological polar surface area (TPSA) is 38.2 Å². The summed E-state index contributed by atoms with van der Waals surface area (Å²) in [7, 11) is 2.15. The van der Waals surface area contributed by atoms with Crippen molar-refractivity contribution in [3.63, 3.8) is 0 Å². The van der Waals surface area contributed by atoms with Crippen molar-refractivity contribution in [2.75, 3.05) is 20.2 Å². The minimum absolute atomic E-state index is 0.242. The summed E-state index contributed by atoms with van der Waals surface area (Å²) in [4.78, 5) is 11.1. The molecule has 0 aromatic carbocycles. The first-order valence-corrected chi connectivity index (χ1v) is 8.32. The molecule has 5 heteroatoms. The van der Waals surface area contributed by atoms with Gasteiger partial charge in [-0.1, -0.05) is 0 Å². The number of thiazole rings is 1. The molecule has 4 nitrogen and oxygen atoms in total. The van der Waals surface area contributed by atoms with Gasteiger partial charge in [0.15, 0.2) is 0 Å². The van der Waals surface area contributed by atoms with E-state index in [9.17, 15) is 0 Å². The van der Waals surface area contributed by atoms with E-state index in [2.05, 4.69) is 34.4 Å². The Hall–Kier alpha value is -1.30. The molecular weight excluding hydrogens is 282 g/mol. The molecule has 3 rings (SSSR count). The van der Waals surface area contributed by atoms with Crippen LogP contribution in [0.5, 0.6) is 0 Å². The summed E-state index contributed by atoms with van der Waals surface area (Å²) >= 11 is 1.73. The third-order valence-corrected chi connectivity index (χ3v) is 4.72. The molecule has 1 aliphatic rings. The van der Waals surface area contributed by atoms with Crippen LogP contribution in [0.3, 0.4) is 0 Å². The van der Waals surface area contributed by atoms with Crippen molar-refractivity contribution in [2.45, 2.75) is 31.9 Å². The Kier molecular flexibility index (Phi) is 4.95. The van der Waals surface area contributed by atoms with Crippen LogP contribution in [0.4, 0.5) is 0 Å². The van der Waals surface area contributed by atoms with Crippen LogP contribution in [0.2, 0.25) is 0 Å². The van der Waals surface area contributed by atoms with Crippen LogP contribution >= 0.6 is 11.3 Å². The van der Waals surface area contributed by atoms with Crippen molar-refractivity contribution in [1.29, 1.82) is 0 Å². The van der Waals surface area contributed by atoms with Crippen LogP contribution in [-0.2, 0) is 17.7 Å². The average Bonchev–Trinajstić information content (AvgIpc) is 3.17. The van der Waals surface area contributed by atoms with Crippen LogP contribution in [0.25, 0.3) is 0 Å². The van der Waals surface area contributed by atoms with E-state index in [-0.39, 0.29) is 6.10 Å². The first-order chi connectivity index (χ1) is 10.3. The largest absolute Gasteiger partial charge is 0.371 e. The normalized spacial score (nSPS) is 18.5. The number of ether oxygens (including phenoxy) is 1. The molecule has 1 aliphatic heterocycles. The smallest absolute Gasteiger partial charge is 0.122 e. The Morgan fingerprint density at radius 1 is 1.38 bits per heavy atom. The van der Waals surface area contributed by atoms with Crippen LogP contribution in [0.1, 0.15) is 35.2 Å². The molecule has 112 valence electrons. The quantitative estimate of drug-likeness (QED) is 0.822. The third kappa shape index (κ3) is 4.09. The molecule has 0 saturated carbocycles. The molecule has 0 bridgehead atoms. The molecule has 0 N–H and O–H groups in total. The lowest BCUT2D eigenvalue weighted by molar-refractivity contribution is 0.111. The van der Waals surface area contributed by atoms with Crippen LogP contribution in [0.15, 0.2) is 29.9 Å². The van der Waals surface area contributed by atoms with Gasteiger partial charge in [-0.3, -0.25) is 4.98 Å². The number of rotatable bonds is 6. The molecule has 0 aliphatic carbocycles. The van der Waals surface area contributed by atoms with Gasteiger partial charge in [0.25, 0.3) is 0 Å². The lowest BCUT2D eigenvalue weighted by Crippen LogP contribution is -2.21. The molecule has 0 unspecified atom stereocenters. The fourth-order valence-corrected chi connectivity index (χ4v) is 3.43. The minimum Gasteiger partial charge on any atom is -0.371 e. The van der Waals surface area contributed by atoms with Gasteiger partial charge < -0.3 is 9.64 Å². The zero-order chi connectivity index (χ0) is 14.5. The summed E-state index contributed by atoms with van der Waals surface area (Å²) in [6.45, 7) is 2.80. The summed E-state index contributed by atoms with van der Waals surface area (Å²) in [6, 6.07) is 4.15. The van der Waals surface area contributed by atoms with Gasteiger partial charge in [0.05, 0.1) is 5.69 Å². The molecule has 1 atom stereocenters. The van der Waals surface area contributed by atoms with Gasteiger partial charge in [-0.2, -0.15) is 0 Å². The van der Waals surface area contributed by atoms with Gasteiger partial charge in [0.2, 0.25) is 0 Å². The van der Waals surface area contributed by atoms with E-state index in [4.69, 9.17) is 9.72 Å². The van der Waals surface area contributed by atoms with Crippen LogP contribution in [0, 0.1) is 0 Å². The van der Waals surface area contributed by atoms with Crippen LogP contribution < -0.4 is 0 Å². The SMILES string of the molecule is CN(CCc1ccncc1)Cc1csc([C@@H]2CCCO2)n1. The second-order valence-electron chi connectivity index (χ2n) is 5.52. The second-order valence-corrected chi connectivity index (χ2v) is 6.41. The number of nitrogens with zero attached hydrogens (tertiary/aromatic N) is 3. The third-order valence-electron chi connectivity index (χ3n) is 3.74. The maximum absolute atomic E-state index is 5.69. The Morgan fingerprint density at radius 2 is 2.24 bits per heavy atom. The van der Waals surface area contributed by atoms with Gasteiger partial charge in [0.1, 0.15) is 11.1 Å². The Balaban J connectivity index is 1.49. The highest BCUT2D eigenvalue weighted by atomic mass is 32.1. The van der Waals surface area contributed by atoms with Gasteiger partial charge in [-0.15, -0.1) is 11.3 Å². The summed E-state index contributed by atoms with van der Waals surface area (Å²) in [5.74, 6) is 0. The number of hydrogen-bond donors (Lipinski definition) is 0. The van der Waals surface area contributed by atoms with E-state index in [0.717, 1.165) is 49.7 Å². The fraction of sp³-hybridized carbons (Fsp3) is 0.500. The van der Waals surface area contributed by atoms with Gasteiger partial charge in [0, 0.05) is 37.5 Å². The standard InChI is InChI=1S/C16H21N3OS/c1-19(9-6-13-4-7-17-8-5-13)11-14-12-21-16(18-14)15-3-2-10-20-15/h4-5,7-8,12,15H,2-3,6,9-11H2,1H3/t15-/m0/s1. The van der Waals surface area contributed by atoms with Crippen molar-refractivity contribution < 1.29 is 4.74 Å². The lowest BCUT2D eigenvalue weighted by Gasteiger charge is -2.15. The predicted molar refractivity (Wildman–Crippen MR) is 84.3 cm³/mol. The Bertz CT molecular complexity index is 552. The summed E-state index contributed by atoms with van der Waals surface area (Å²) in [5.41, 5.74) is 2.48. The molecular formula is C16H21N3OS. The molecule has 0 amide bonds. The van der Waals surface area contributed by atoms with E-state index in [1.54, 1.807) is 11.3 Å². The first kappa shape index (κ1) is 14.6. The van der Waals surface area contributed by atoms with E-state index in [1.165, 1.54) is 5.56 Å². The fourth-order valence-electron chi connectivity index (χ4n) is 2.54. The molecule has 2 aromatic rings. The number of likely N-dealkylation sites (N-methyl/N-ethyl adjacent to an activating group) is 1. The molecule has 1 saturated heterocycles. The summed E-state index contributed by atoms with van der Waals surface area (Å²) in [5, 5.41) is 3.31. The number of hydrogen-bond acceptors (Lipinski definition) is 5. The maximum Gasteiger partial charge on any atom is 0.122 e. The highest BCUT2D eigenvalue weighted by Crippen LogP contribution is 2.30. The highest BCUT2D eigenvalue weighted by molar-refractivity contribution is 7.09. The van der Waals surface area contributed by atoms with Crippen LogP contribution in [-0.4, -0.2) is 35.1 Å².